The molecule has 1 aromatic heterocycles. The van der Waals surface area contributed by atoms with Gasteiger partial charge in [-0.3, -0.25) is 4.79 Å². The molecule has 4 nitrogen and oxygen atoms in total. The zero-order valence-electron chi connectivity index (χ0n) is 13.2. The molecule has 0 unspecified atom stereocenters. The smallest absolute Gasteiger partial charge is 0.235 e. The summed E-state index contributed by atoms with van der Waals surface area (Å²) in [6.07, 6.45) is 5.38. The summed E-state index contributed by atoms with van der Waals surface area (Å²) in [7, 11) is 1.89. The Morgan fingerprint density at radius 3 is 2.65 bits per heavy atom. The lowest BCUT2D eigenvalue weighted by Gasteiger charge is -2.31. The Labute approximate surface area is 135 Å². The largest absolute Gasteiger partial charge is 0.335 e. The van der Waals surface area contributed by atoms with Crippen LogP contribution in [0.25, 0.3) is 11.3 Å². The Balaban J connectivity index is 1.79. The van der Waals surface area contributed by atoms with Gasteiger partial charge in [-0.2, -0.15) is 5.26 Å². The summed E-state index contributed by atoms with van der Waals surface area (Å²) in [6, 6.07) is 12.2. The molecule has 1 spiro atoms. The molecule has 0 atom stereocenters. The zero-order chi connectivity index (χ0) is 16.0. The van der Waals surface area contributed by atoms with E-state index in [9.17, 15) is 4.79 Å². The normalized spacial score (nSPS) is 18.5. The number of nitriles is 1. The second-order valence-electron chi connectivity index (χ2n) is 6.63. The predicted octanol–water partition coefficient (Wildman–Crippen LogP) is 3.72. The van der Waals surface area contributed by atoms with Crippen LogP contribution in [-0.4, -0.2) is 10.5 Å². The van der Waals surface area contributed by atoms with Gasteiger partial charge in [0, 0.05) is 24.0 Å². The number of aromatic nitrogens is 1. The lowest BCUT2D eigenvalue weighted by molar-refractivity contribution is -0.121. The molecule has 1 fully saturated rings. The molecule has 0 radical (unpaired) electrons. The van der Waals surface area contributed by atoms with E-state index in [4.69, 9.17) is 5.26 Å². The lowest BCUT2D eigenvalue weighted by Crippen LogP contribution is -2.36. The second-order valence-corrected chi connectivity index (χ2v) is 6.63. The molecular weight excluding hydrogens is 286 g/mol. The number of carbonyl (C=O) groups is 1. The van der Waals surface area contributed by atoms with Crippen LogP contribution in [0.4, 0.5) is 5.69 Å². The molecule has 116 valence electrons. The van der Waals surface area contributed by atoms with Crippen LogP contribution in [-0.2, 0) is 17.3 Å². The average molecular weight is 305 g/mol. The molecule has 0 bridgehead atoms. The van der Waals surface area contributed by atoms with Crippen molar-refractivity contribution in [2.45, 2.75) is 37.5 Å². The Hall–Kier alpha value is -2.54. The van der Waals surface area contributed by atoms with Crippen LogP contribution in [0.5, 0.6) is 0 Å². The van der Waals surface area contributed by atoms with Crippen molar-refractivity contribution in [3.63, 3.8) is 0 Å². The topological polar surface area (TPSA) is 57.8 Å². The maximum Gasteiger partial charge on any atom is 0.235 e. The molecule has 1 aromatic carbocycles. The highest BCUT2D eigenvalue weighted by atomic mass is 16.2. The van der Waals surface area contributed by atoms with Crippen molar-refractivity contribution in [3.8, 4) is 17.3 Å². The van der Waals surface area contributed by atoms with Crippen molar-refractivity contribution in [2.24, 2.45) is 7.05 Å². The SMILES string of the molecule is Cn1c(C#N)ccc1-c1ccc2c(c1)NC(=O)C21CCCCC1. The van der Waals surface area contributed by atoms with Crippen LogP contribution in [0.3, 0.4) is 0 Å². The fourth-order valence-corrected chi connectivity index (χ4v) is 4.15. The standard InChI is InChI=1S/C19H19N3O/c1-22-14(12-20)6-8-17(22)13-5-7-15-16(11-13)21-18(23)19(15)9-3-2-4-10-19/h5-8,11H,2-4,9-10H2,1H3,(H,21,23). The van der Waals surface area contributed by atoms with Crippen LogP contribution in [0.1, 0.15) is 43.4 Å². The molecular formula is C19H19N3O. The second kappa shape index (κ2) is 4.99. The third-order valence-electron chi connectivity index (χ3n) is 5.46. The van der Waals surface area contributed by atoms with E-state index in [-0.39, 0.29) is 11.3 Å². The van der Waals surface area contributed by atoms with E-state index in [1.807, 2.05) is 29.8 Å². The summed E-state index contributed by atoms with van der Waals surface area (Å²) in [4.78, 5) is 12.6. The molecule has 0 saturated heterocycles. The molecule has 1 N–H and O–H groups in total. The first-order valence-electron chi connectivity index (χ1n) is 8.18. The quantitative estimate of drug-likeness (QED) is 0.873. The maximum absolute atomic E-state index is 12.6. The zero-order valence-corrected chi connectivity index (χ0v) is 13.2. The van der Waals surface area contributed by atoms with Crippen molar-refractivity contribution >= 4 is 11.6 Å². The molecule has 4 heteroatoms. The number of anilines is 1. The number of carbonyl (C=O) groups excluding carboxylic acids is 1. The highest BCUT2D eigenvalue weighted by Gasteiger charge is 2.46. The number of rotatable bonds is 1. The highest BCUT2D eigenvalue weighted by Crippen LogP contribution is 2.48. The summed E-state index contributed by atoms with van der Waals surface area (Å²) in [5.41, 5.74) is 4.44. The molecule has 1 saturated carbocycles. The predicted molar refractivity (Wildman–Crippen MR) is 89.0 cm³/mol. The molecule has 2 heterocycles. The minimum atomic E-state index is -0.307. The molecule has 1 aliphatic heterocycles. The van der Waals surface area contributed by atoms with Gasteiger partial charge in [0.05, 0.1) is 5.41 Å². The summed E-state index contributed by atoms with van der Waals surface area (Å²) >= 11 is 0. The molecule has 2 aliphatic rings. The summed E-state index contributed by atoms with van der Waals surface area (Å²) in [5.74, 6) is 0.161. The third-order valence-corrected chi connectivity index (χ3v) is 5.46. The number of hydrogen-bond donors (Lipinski definition) is 1. The van der Waals surface area contributed by atoms with Crippen molar-refractivity contribution in [1.82, 2.24) is 4.57 Å². The molecule has 1 aliphatic carbocycles. The third kappa shape index (κ3) is 1.93. The highest BCUT2D eigenvalue weighted by molar-refractivity contribution is 6.06. The molecule has 4 rings (SSSR count). The van der Waals surface area contributed by atoms with Gasteiger partial charge < -0.3 is 9.88 Å². The molecule has 2 aromatic rings. The van der Waals surface area contributed by atoms with Crippen LogP contribution in [0, 0.1) is 11.3 Å². The first kappa shape index (κ1) is 14.1. The number of nitrogens with zero attached hydrogens (tertiary/aromatic N) is 2. The van der Waals surface area contributed by atoms with Crippen LogP contribution >= 0.6 is 0 Å². The number of nitrogens with one attached hydrogen (secondary N) is 1. The van der Waals surface area contributed by atoms with E-state index in [2.05, 4.69) is 23.5 Å². The van der Waals surface area contributed by atoms with Gasteiger partial charge >= 0.3 is 0 Å². The van der Waals surface area contributed by atoms with E-state index < -0.39 is 0 Å². The summed E-state index contributed by atoms with van der Waals surface area (Å²) < 4.78 is 1.88. The van der Waals surface area contributed by atoms with Crippen molar-refractivity contribution in [1.29, 1.82) is 5.26 Å². The van der Waals surface area contributed by atoms with E-state index in [0.717, 1.165) is 48.2 Å². The first-order valence-corrected chi connectivity index (χ1v) is 8.18. The van der Waals surface area contributed by atoms with Gasteiger partial charge in [-0.25, -0.2) is 0 Å². The lowest BCUT2D eigenvalue weighted by atomic mass is 9.70. The Kier molecular flexibility index (Phi) is 3.05. The van der Waals surface area contributed by atoms with E-state index in [0.29, 0.717) is 5.69 Å². The first-order chi connectivity index (χ1) is 11.2. The van der Waals surface area contributed by atoms with E-state index in [1.54, 1.807) is 0 Å². The monoisotopic (exact) mass is 305 g/mol. The number of fused-ring (bicyclic) bond motifs is 2. The van der Waals surface area contributed by atoms with Gasteiger partial charge in [0.15, 0.2) is 0 Å². The van der Waals surface area contributed by atoms with E-state index >= 15 is 0 Å². The van der Waals surface area contributed by atoms with E-state index in [1.165, 1.54) is 6.42 Å². The van der Waals surface area contributed by atoms with Crippen LogP contribution < -0.4 is 5.32 Å². The fraction of sp³-hybridized carbons (Fsp3) is 0.368. The Morgan fingerprint density at radius 2 is 1.96 bits per heavy atom. The van der Waals surface area contributed by atoms with Crippen LogP contribution in [0.15, 0.2) is 30.3 Å². The van der Waals surface area contributed by atoms with Crippen molar-refractivity contribution < 1.29 is 4.79 Å². The van der Waals surface area contributed by atoms with Gasteiger partial charge in [0.2, 0.25) is 5.91 Å². The van der Waals surface area contributed by atoms with Gasteiger partial charge in [0.25, 0.3) is 0 Å². The summed E-state index contributed by atoms with van der Waals surface area (Å²) in [6.45, 7) is 0. The van der Waals surface area contributed by atoms with Gasteiger partial charge in [-0.05, 0) is 36.6 Å². The number of hydrogen-bond acceptors (Lipinski definition) is 2. The number of benzene rings is 1. The Morgan fingerprint density at radius 1 is 1.17 bits per heavy atom. The average Bonchev–Trinajstić information content (AvgIpc) is 3.07. The van der Waals surface area contributed by atoms with Gasteiger partial charge in [0.1, 0.15) is 11.8 Å². The summed E-state index contributed by atoms with van der Waals surface area (Å²) in [5, 5.41) is 12.2. The fourth-order valence-electron chi connectivity index (χ4n) is 4.15. The minimum Gasteiger partial charge on any atom is -0.335 e. The Bertz CT molecular complexity index is 835. The van der Waals surface area contributed by atoms with Gasteiger partial charge in [-0.15, -0.1) is 0 Å². The maximum atomic E-state index is 12.6. The van der Waals surface area contributed by atoms with Gasteiger partial charge in [-0.1, -0.05) is 31.4 Å². The van der Waals surface area contributed by atoms with Crippen molar-refractivity contribution in [3.05, 3.63) is 41.6 Å². The molecule has 23 heavy (non-hydrogen) atoms. The number of amides is 1. The van der Waals surface area contributed by atoms with Crippen molar-refractivity contribution in [2.75, 3.05) is 5.32 Å². The molecule has 1 amide bonds. The van der Waals surface area contributed by atoms with Crippen LogP contribution in [0.2, 0.25) is 0 Å². The minimum absolute atomic E-state index is 0.161.